The van der Waals surface area contributed by atoms with E-state index < -0.39 is 0 Å². The highest BCUT2D eigenvalue weighted by molar-refractivity contribution is 4.45. The molecule has 0 aliphatic heterocycles. The molecule has 0 heterocycles. The number of hydroxylamine groups is 2. The molecule has 0 rings (SSSR count). The van der Waals surface area contributed by atoms with Gasteiger partial charge in [0.25, 0.3) is 0 Å². The first kappa shape index (κ1) is 9.88. The molecule has 0 spiro atoms. The third-order valence-corrected chi connectivity index (χ3v) is 1.39. The summed E-state index contributed by atoms with van der Waals surface area (Å²) < 4.78 is 0. The fourth-order valence-corrected chi connectivity index (χ4v) is 0.701. The molecule has 10 heavy (non-hydrogen) atoms. The van der Waals surface area contributed by atoms with Crippen LogP contribution in [0.1, 0.15) is 6.42 Å². The van der Waals surface area contributed by atoms with E-state index in [-0.39, 0.29) is 0 Å². The van der Waals surface area contributed by atoms with Crippen molar-refractivity contribution in [2.24, 2.45) is 0 Å². The van der Waals surface area contributed by atoms with Crippen LogP contribution in [0.5, 0.6) is 0 Å². The van der Waals surface area contributed by atoms with Crippen molar-refractivity contribution in [3.05, 3.63) is 0 Å². The van der Waals surface area contributed by atoms with Crippen molar-refractivity contribution < 1.29 is 4.84 Å². The van der Waals surface area contributed by atoms with Crippen molar-refractivity contribution >= 4 is 0 Å². The molecule has 0 aromatic carbocycles. The topological polar surface area (TPSA) is 15.7 Å². The summed E-state index contributed by atoms with van der Waals surface area (Å²) in [6.07, 6.45) is 1.15. The summed E-state index contributed by atoms with van der Waals surface area (Å²) in [6, 6.07) is 0. The molecule has 0 N–H and O–H groups in total. The smallest absolute Gasteiger partial charge is 0.0575 e. The molecule has 0 saturated heterocycles. The lowest BCUT2D eigenvalue weighted by Crippen LogP contribution is -2.22. The van der Waals surface area contributed by atoms with Crippen molar-refractivity contribution in [1.29, 1.82) is 0 Å². The molecule has 0 atom stereocenters. The van der Waals surface area contributed by atoms with Crippen LogP contribution in [-0.4, -0.2) is 51.3 Å². The van der Waals surface area contributed by atoms with Crippen LogP contribution in [0, 0.1) is 0 Å². The first-order valence-electron chi connectivity index (χ1n) is 3.56. The summed E-state index contributed by atoms with van der Waals surface area (Å²) in [6.45, 7) is 2.11. The maximum atomic E-state index is 4.95. The monoisotopic (exact) mass is 146 g/mol. The minimum absolute atomic E-state index is 0.995. The van der Waals surface area contributed by atoms with Crippen LogP contribution in [0.2, 0.25) is 0 Å². The second-order valence-corrected chi connectivity index (χ2v) is 2.69. The molecule has 0 bridgehead atoms. The van der Waals surface area contributed by atoms with Gasteiger partial charge < -0.3 is 9.74 Å². The van der Waals surface area contributed by atoms with Crippen LogP contribution in [0.15, 0.2) is 0 Å². The second-order valence-electron chi connectivity index (χ2n) is 2.69. The average molecular weight is 146 g/mol. The van der Waals surface area contributed by atoms with Crippen LogP contribution < -0.4 is 0 Å². The molecule has 0 aliphatic rings. The highest BCUT2D eigenvalue weighted by Gasteiger charge is 1.94. The fourth-order valence-electron chi connectivity index (χ4n) is 0.701. The van der Waals surface area contributed by atoms with E-state index in [1.165, 1.54) is 0 Å². The quantitative estimate of drug-likeness (QED) is 0.523. The van der Waals surface area contributed by atoms with E-state index in [1.807, 2.05) is 12.1 Å². The predicted octanol–water partition coefficient (Wildman–Crippen LogP) is 0.431. The lowest BCUT2D eigenvalue weighted by Gasteiger charge is -2.14. The van der Waals surface area contributed by atoms with Crippen molar-refractivity contribution in [2.45, 2.75) is 6.42 Å². The van der Waals surface area contributed by atoms with Crippen LogP contribution in [0.25, 0.3) is 0 Å². The van der Waals surface area contributed by atoms with Gasteiger partial charge in [-0.3, -0.25) is 0 Å². The van der Waals surface area contributed by atoms with Crippen molar-refractivity contribution in [1.82, 2.24) is 9.96 Å². The van der Waals surface area contributed by atoms with E-state index in [1.54, 1.807) is 7.11 Å². The Hall–Kier alpha value is -0.120. The predicted molar refractivity (Wildman–Crippen MR) is 42.8 cm³/mol. The summed E-state index contributed by atoms with van der Waals surface area (Å²) in [5.74, 6) is 0. The molecule has 0 saturated carbocycles. The van der Waals surface area contributed by atoms with E-state index >= 15 is 0 Å². The SMILES string of the molecule is CON(C)CCCN(C)C. The van der Waals surface area contributed by atoms with E-state index in [2.05, 4.69) is 19.0 Å². The molecule has 0 fully saturated rings. The minimum Gasteiger partial charge on any atom is -0.309 e. The van der Waals surface area contributed by atoms with E-state index in [0.29, 0.717) is 0 Å². The van der Waals surface area contributed by atoms with Gasteiger partial charge in [0.05, 0.1) is 7.11 Å². The molecular weight excluding hydrogens is 128 g/mol. The normalized spacial score (nSPS) is 11.4. The molecule has 0 aromatic heterocycles. The first-order valence-corrected chi connectivity index (χ1v) is 3.56. The fraction of sp³-hybridized carbons (Fsp3) is 1.00. The van der Waals surface area contributed by atoms with Crippen molar-refractivity contribution in [2.75, 3.05) is 41.3 Å². The summed E-state index contributed by atoms with van der Waals surface area (Å²) in [5, 5.41) is 1.84. The van der Waals surface area contributed by atoms with Gasteiger partial charge in [-0.05, 0) is 27.1 Å². The van der Waals surface area contributed by atoms with Gasteiger partial charge >= 0.3 is 0 Å². The number of hydrogen-bond donors (Lipinski definition) is 0. The van der Waals surface area contributed by atoms with Gasteiger partial charge in [0.2, 0.25) is 0 Å². The lowest BCUT2D eigenvalue weighted by atomic mass is 10.4. The maximum Gasteiger partial charge on any atom is 0.0575 e. The number of nitrogens with zero attached hydrogens (tertiary/aromatic N) is 2. The molecule has 0 radical (unpaired) electrons. The first-order chi connectivity index (χ1) is 4.66. The highest BCUT2D eigenvalue weighted by atomic mass is 16.7. The lowest BCUT2D eigenvalue weighted by molar-refractivity contribution is -0.109. The zero-order chi connectivity index (χ0) is 7.98. The molecule has 0 aromatic rings. The summed E-state index contributed by atoms with van der Waals surface area (Å²) in [7, 11) is 7.78. The van der Waals surface area contributed by atoms with Crippen LogP contribution in [0.3, 0.4) is 0 Å². The van der Waals surface area contributed by atoms with Crippen LogP contribution >= 0.6 is 0 Å². The Kier molecular flexibility index (Phi) is 5.58. The van der Waals surface area contributed by atoms with E-state index in [4.69, 9.17) is 4.84 Å². The van der Waals surface area contributed by atoms with Crippen molar-refractivity contribution in [3.63, 3.8) is 0 Å². The summed E-state index contributed by atoms with van der Waals surface area (Å²) in [4.78, 5) is 7.12. The summed E-state index contributed by atoms with van der Waals surface area (Å²) >= 11 is 0. The molecule has 3 nitrogen and oxygen atoms in total. The van der Waals surface area contributed by atoms with Gasteiger partial charge in [-0.2, -0.15) is 5.06 Å². The zero-order valence-electron chi connectivity index (χ0n) is 7.42. The Morgan fingerprint density at radius 1 is 1.10 bits per heavy atom. The third kappa shape index (κ3) is 6.01. The second kappa shape index (κ2) is 5.65. The Morgan fingerprint density at radius 3 is 2.10 bits per heavy atom. The van der Waals surface area contributed by atoms with Crippen molar-refractivity contribution in [3.8, 4) is 0 Å². The van der Waals surface area contributed by atoms with Gasteiger partial charge in [-0.15, -0.1) is 0 Å². The highest BCUT2D eigenvalue weighted by Crippen LogP contribution is 1.87. The Balaban J connectivity index is 3.03. The van der Waals surface area contributed by atoms with Gasteiger partial charge in [-0.25, -0.2) is 0 Å². The molecule has 3 heteroatoms. The molecule has 62 valence electrons. The molecule has 0 unspecified atom stereocenters. The third-order valence-electron chi connectivity index (χ3n) is 1.39. The standard InChI is InChI=1S/C7H18N2O/c1-8(2)6-5-7-9(3)10-4/h5-7H2,1-4H3. The zero-order valence-corrected chi connectivity index (χ0v) is 7.42. The van der Waals surface area contributed by atoms with Gasteiger partial charge in [0.1, 0.15) is 0 Å². The number of hydrogen-bond acceptors (Lipinski definition) is 3. The van der Waals surface area contributed by atoms with Gasteiger partial charge in [0.15, 0.2) is 0 Å². The average Bonchev–Trinajstić information content (AvgIpc) is 1.87. The van der Waals surface area contributed by atoms with Crippen LogP contribution in [-0.2, 0) is 4.84 Å². The number of rotatable bonds is 5. The Labute approximate surface area is 63.5 Å². The largest absolute Gasteiger partial charge is 0.309 e. The Morgan fingerprint density at radius 2 is 1.70 bits per heavy atom. The van der Waals surface area contributed by atoms with E-state index in [0.717, 1.165) is 19.5 Å². The molecule has 0 aliphatic carbocycles. The molecular formula is C7H18N2O. The minimum atomic E-state index is 0.995. The van der Waals surface area contributed by atoms with E-state index in [9.17, 15) is 0 Å². The summed E-state index contributed by atoms with van der Waals surface area (Å²) in [5.41, 5.74) is 0. The van der Waals surface area contributed by atoms with Gasteiger partial charge in [0, 0.05) is 13.6 Å². The molecule has 0 amide bonds. The van der Waals surface area contributed by atoms with Crippen LogP contribution in [0.4, 0.5) is 0 Å². The van der Waals surface area contributed by atoms with Gasteiger partial charge in [-0.1, -0.05) is 0 Å². The maximum absolute atomic E-state index is 4.95. The Bertz CT molecular complexity index is 76.0.